The first-order valence-corrected chi connectivity index (χ1v) is 7.46. The van der Waals surface area contributed by atoms with Crippen molar-refractivity contribution in [2.75, 3.05) is 14.2 Å². The molecule has 0 atom stereocenters. The van der Waals surface area contributed by atoms with Gasteiger partial charge in [0.1, 0.15) is 11.5 Å². The lowest BCUT2D eigenvalue weighted by atomic mass is 10.1. The number of alkyl halides is 3. The highest BCUT2D eigenvalue weighted by molar-refractivity contribution is 6.42. The van der Waals surface area contributed by atoms with Crippen LogP contribution >= 0.6 is 0 Å². The van der Waals surface area contributed by atoms with Crippen LogP contribution in [-0.4, -0.2) is 25.9 Å². The van der Waals surface area contributed by atoms with Crippen LogP contribution in [0.15, 0.2) is 42.5 Å². The first-order chi connectivity index (χ1) is 12.2. The van der Waals surface area contributed by atoms with Gasteiger partial charge in [-0.15, -0.1) is 0 Å². The first kappa shape index (κ1) is 19.3. The minimum absolute atomic E-state index is 0.0266. The molecule has 0 aliphatic carbocycles. The predicted octanol–water partition coefficient (Wildman–Crippen LogP) is 3.22. The lowest BCUT2D eigenvalue weighted by Gasteiger charge is -2.10. The van der Waals surface area contributed by atoms with E-state index < -0.39 is 23.4 Å². The zero-order valence-electron chi connectivity index (χ0n) is 14.0. The van der Waals surface area contributed by atoms with Crippen molar-refractivity contribution in [1.29, 1.82) is 0 Å². The molecule has 0 unspecified atom stereocenters. The smallest absolute Gasteiger partial charge is 0.416 e. The number of rotatable bonds is 6. The molecule has 0 heterocycles. The number of amides is 1. The standard InChI is InChI=1S/C18H16F3NO4/c1-25-14-7-11(8-15(9-14)26-2)10-22-17(24)16(23)12-3-5-13(6-4-12)18(19,20)21/h3-9H,10H2,1-2H3,(H,22,24). The van der Waals surface area contributed by atoms with Crippen LogP contribution in [0.2, 0.25) is 0 Å². The number of hydrogen-bond donors (Lipinski definition) is 1. The average molecular weight is 367 g/mol. The number of carbonyl (C=O) groups excluding carboxylic acids is 2. The van der Waals surface area contributed by atoms with Crippen molar-refractivity contribution in [3.8, 4) is 11.5 Å². The first-order valence-electron chi connectivity index (χ1n) is 7.46. The van der Waals surface area contributed by atoms with Gasteiger partial charge in [0, 0.05) is 18.2 Å². The molecular weight excluding hydrogens is 351 g/mol. The normalized spacial score (nSPS) is 11.0. The molecule has 138 valence electrons. The fraction of sp³-hybridized carbons (Fsp3) is 0.222. The van der Waals surface area contributed by atoms with E-state index in [2.05, 4.69) is 5.32 Å². The summed E-state index contributed by atoms with van der Waals surface area (Å²) in [4.78, 5) is 24.0. The summed E-state index contributed by atoms with van der Waals surface area (Å²) in [7, 11) is 2.95. The molecule has 26 heavy (non-hydrogen) atoms. The van der Waals surface area contributed by atoms with Gasteiger partial charge in [0.25, 0.3) is 5.91 Å². The minimum Gasteiger partial charge on any atom is -0.497 e. The van der Waals surface area contributed by atoms with Crippen LogP contribution in [0.1, 0.15) is 21.5 Å². The van der Waals surface area contributed by atoms with E-state index >= 15 is 0 Å². The zero-order chi connectivity index (χ0) is 19.3. The van der Waals surface area contributed by atoms with Crippen molar-refractivity contribution in [2.24, 2.45) is 0 Å². The summed E-state index contributed by atoms with van der Waals surface area (Å²) in [5, 5.41) is 2.42. The molecule has 0 radical (unpaired) electrons. The molecule has 0 bridgehead atoms. The van der Waals surface area contributed by atoms with Gasteiger partial charge in [0.2, 0.25) is 5.78 Å². The average Bonchev–Trinajstić information content (AvgIpc) is 2.64. The Labute approximate surface area is 147 Å². The fourth-order valence-corrected chi connectivity index (χ4v) is 2.17. The van der Waals surface area contributed by atoms with Gasteiger partial charge < -0.3 is 14.8 Å². The number of hydrogen-bond acceptors (Lipinski definition) is 4. The van der Waals surface area contributed by atoms with Gasteiger partial charge in [0.15, 0.2) is 0 Å². The summed E-state index contributed by atoms with van der Waals surface area (Å²) in [6.07, 6.45) is -4.50. The van der Waals surface area contributed by atoms with E-state index in [1.54, 1.807) is 18.2 Å². The maximum absolute atomic E-state index is 12.5. The lowest BCUT2D eigenvalue weighted by Crippen LogP contribution is -2.30. The maximum atomic E-state index is 12.5. The van der Waals surface area contributed by atoms with Gasteiger partial charge in [0.05, 0.1) is 19.8 Å². The van der Waals surface area contributed by atoms with E-state index in [1.165, 1.54) is 14.2 Å². The van der Waals surface area contributed by atoms with E-state index in [1.807, 2.05) is 0 Å². The van der Waals surface area contributed by atoms with Gasteiger partial charge in [-0.3, -0.25) is 9.59 Å². The van der Waals surface area contributed by atoms with Gasteiger partial charge in [-0.05, 0) is 29.8 Å². The Morgan fingerprint density at radius 1 is 0.962 bits per heavy atom. The van der Waals surface area contributed by atoms with Gasteiger partial charge >= 0.3 is 6.18 Å². The zero-order valence-corrected chi connectivity index (χ0v) is 14.0. The van der Waals surface area contributed by atoms with Crippen molar-refractivity contribution in [1.82, 2.24) is 5.32 Å². The molecule has 1 N–H and O–H groups in total. The van der Waals surface area contributed by atoms with E-state index in [0.29, 0.717) is 17.1 Å². The Balaban J connectivity index is 2.04. The van der Waals surface area contributed by atoms with Crippen LogP contribution in [0.25, 0.3) is 0 Å². The molecule has 0 aromatic heterocycles. The van der Waals surface area contributed by atoms with E-state index in [-0.39, 0.29) is 12.1 Å². The van der Waals surface area contributed by atoms with Crippen molar-refractivity contribution in [3.05, 3.63) is 59.2 Å². The van der Waals surface area contributed by atoms with Crippen LogP contribution < -0.4 is 14.8 Å². The third-order valence-electron chi connectivity index (χ3n) is 3.54. The molecule has 1 amide bonds. The molecule has 0 fully saturated rings. The molecule has 2 rings (SSSR count). The summed E-state index contributed by atoms with van der Waals surface area (Å²) >= 11 is 0. The Bertz CT molecular complexity index is 779. The topological polar surface area (TPSA) is 64.6 Å². The number of ketones is 1. The number of nitrogens with one attached hydrogen (secondary N) is 1. The third-order valence-corrected chi connectivity index (χ3v) is 3.54. The third kappa shape index (κ3) is 4.75. The second-order valence-corrected chi connectivity index (χ2v) is 5.31. The van der Waals surface area contributed by atoms with Gasteiger partial charge in [-0.2, -0.15) is 13.2 Å². The van der Waals surface area contributed by atoms with Crippen LogP contribution in [-0.2, 0) is 17.5 Å². The Morgan fingerprint density at radius 3 is 1.96 bits per heavy atom. The van der Waals surface area contributed by atoms with Crippen LogP contribution in [0.3, 0.4) is 0 Å². The molecule has 2 aromatic rings. The predicted molar refractivity (Wildman–Crippen MR) is 87.2 cm³/mol. The molecule has 0 saturated carbocycles. The van der Waals surface area contributed by atoms with Gasteiger partial charge in [-0.1, -0.05) is 12.1 Å². The number of halogens is 3. The molecule has 8 heteroatoms. The highest BCUT2D eigenvalue weighted by atomic mass is 19.4. The highest BCUT2D eigenvalue weighted by Gasteiger charge is 2.30. The highest BCUT2D eigenvalue weighted by Crippen LogP contribution is 2.29. The maximum Gasteiger partial charge on any atom is 0.416 e. The summed E-state index contributed by atoms with van der Waals surface area (Å²) in [5.41, 5.74) is -0.383. The molecular formula is C18H16F3NO4. The molecule has 0 aliphatic heterocycles. The van der Waals surface area contributed by atoms with Crippen molar-refractivity contribution in [3.63, 3.8) is 0 Å². The summed E-state index contributed by atoms with van der Waals surface area (Å²) in [6, 6.07) is 8.43. The summed E-state index contributed by atoms with van der Waals surface area (Å²) < 4.78 is 47.8. The van der Waals surface area contributed by atoms with E-state index in [9.17, 15) is 22.8 Å². The molecule has 0 saturated heterocycles. The van der Waals surface area contributed by atoms with Gasteiger partial charge in [-0.25, -0.2) is 0 Å². The van der Waals surface area contributed by atoms with Crippen LogP contribution in [0, 0.1) is 0 Å². The quantitative estimate of drug-likeness (QED) is 0.629. The molecule has 5 nitrogen and oxygen atoms in total. The van der Waals surface area contributed by atoms with Crippen LogP contribution in [0.5, 0.6) is 11.5 Å². The number of carbonyl (C=O) groups is 2. The SMILES string of the molecule is COc1cc(CNC(=O)C(=O)c2ccc(C(F)(F)F)cc2)cc(OC)c1. The van der Waals surface area contributed by atoms with Crippen molar-refractivity contribution >= 4 is 11.7 Å². The lowest BCUT2D eigenvalue weighted by molar-refractivity contribution is -0.137. The second kappa shape index (κ2) is 7.90. The number of Topliss-reactive ketones (excluding diaryl/α,β-unsaturated/α-hetero) is 1. The Kier molecular flexibility index (Phi) is 5.86. The summed E-state index contributed by atoms with van der Waals surface area (Å²) in [5.74, 6) is -0.814. The molecule has 0 aliphatic rings. The van der Waals surface area contributed by atoms with E-state index in [0.717, 1.165) is 24.3 Å². The minimum atomic E-state index is -4.50. The molecule has 2 aromatic carbocycles. The number of methoxy groups -OCH3 is 2. The Morgan fingerprint density at radius 2 is 1.50 bits per heavy atom. The summed E-state index contributed by atoms with van der Waals surface area (Å²) in [6.45, 7) is 0.0266. The number of benzene rings is 2. The monoisotopic (exact) mass is 367 g/mol. The van der Waals surface area contributed by atoms with Crippen LogP contribution in [0.4, 0.5) is 13.2 Å². The molecule has 0 spiro atoms. The largest absolute Gasteiger partial charge is 0.497 e. The Hall–Kier alpha value is -3.03. The van der Waals surface area contributed by atoms with Crippen molar-refractivity contribution < 1.29 is 32.2 Å². The van der Waals surface area contributed by atoms with E-state index in [4.69, 9.17) is 9.47 Å². The number of ether oxygens (including phenoxy) is 2. The second-order valence-electron chi connectivity index (χ2n) is 5.31. The van der Waals surface area contributed by atoms with Crippen molar-refractivity contribution in [2.45, 2.75) is 12.7 Å². The fourth-order valence-electron chi connectivity index (χ4n) is 2.17.